The zero-order valence-electron chi connectivity index (χ0n) is 23.0. The molecule has 0 N–H and O–H groups in total. The van der Waals surface area contributed by atoms with Crippen LogP contribution in [0, 0.1) is 21.8 Å². The molecule has 0 saturated carbocycles. The Morgan fingerprint density at radius 1 is 0.600 bits per heavy atom. The molecule has 2 radical (unpaired) electrons. The molecular weight excluding hydrogens is 516 g/mol. The fourth-order valence-electron chi connectivity index (χ4n) is 4.26. The molecule has 0 fully saturated rings. The van der Waals surface area contributed by atoms with Crippen LogP contribution in [0.15, 0.2) is 78.9 Å². The fourth-order valence-corrected chi connectivity index (χ4v) is 4.26. The molecule has 0 nitrogen and oxygen atoms in total. The van der Waals surface area contributed by atoms with E-state index in [0.717, 1.165) is 0 Å². The van der Waals surface area contributed by atoms with Gasteiger partial charge in [0.05, 0.1) is 0 Å². The van der Waals surface area contributed by atoms with E-state index in [2.05, 4.69) is 134 Å². The number of hydrogen-bond donors (Lipinski definition) is 0. The average molecular weight is 556 g/mol. The molecule has 5 aromatic rings. The minimum absolute atomic E-state index is 0. The standard InChI is InChI=1S/C21H25.C10H9.2CH3.Si.Zr/c1-20(2,3)16-7-9-18-14(12-16)11-15-13-17(21(4,5)6)8-10-19(15)18;1-8-6-9-4-2-3-5-10(9)7-8;;;;/h7-13H,1-6H3;2-7H,1H3;2*1H3;;/q4*-1;;. The summed E-state index contributed by atoms with van der Waals surface area (Å²) in [7, 11) is 0. The third-order valence-corrected chi connectivity index (χ3v) is 6.20. The molecule has 0 bridgehead atoms. The van der Waals surface area contributed by atoms with Crippen molar-refractivity contribution in [3.05, 3.63) is 110 Å². The number of benzene rings is 3. The van der Waals surface area contributed by atoms with Crippen LogP contribution in [0.3, 0.4) is 0 Å². The first kappa shape index (κ1) is 31.3. The number of aryl methyl sites for hydroxylation is 1. The van der Waals surface area contributed by atoms with Gasteiger partial charge < -0.3 is 14.9 Å². The van der Waals surface area contributed by atoms with Crippen LogP contribution in [0.2, 0.25) is 0 Å². The van der Waals surface area contributed by atoms with E-state index in [1.165, 1.54) is 72.3 Å². The first-order valence-electron chi connectivity index (χ1n) is 11.5. The van der Waals surface area contributed by atoms with Gasteiger partial charge in [0, 0.05) is 0 Å². The van der Waals surface area contributed by atoms with Crippen molar-refractivity contribution >= 4 is 39.2 Å². The second kappa shape index (κ2) is 12.5. The van der Waals surface area contributed by atoms with Crippen molar-refractivity contribution in [2.45, 2.75) is 59.3 Å². The van der Waals surface area contributed by atoms with Gasteiger partial charge >= 0.3 is 30.2 Å². The third-order valence-electron chi connectivity index (χ3n) is 6.20. The summed E-state index contributed by atoms with van der Waals surface area (Å²) < 4.78 is 0. The summed E-state index contributed by atoms with van der Waals surface area (Å²) in [6.45, 7) is 18.8. The Bertz CT molecular complexity index is 1270. The predicted molar refractivity (Wildman–Crippen MR) is 157 cm³/mol. The third kappa shape index (κ3) is 7.37. The van der Waals surface area contributed by atoms with Crippen LogP contribution >= 0.6 is 0 Å². The van der Waals surface area contributed by atoms with Gasteiger partial charge in [-0.15, -0.1) is 80.3 Å². The molecule has 35 heavy (non-hydrogen) atoms. The molecule has 0 spiro atoms. The zero-order valence-corrected chi connectivity index (χ0v) is 26.5. The van der Waals surface area contributed by atoms with Crippen LogP contribution in [-0.4, -0.2) is 6.88 Å². The summed E-state index contributed by atoms with van der Waals surface area (Å²) in [5.74, 6) is 0. The van der Waals surface area contributed by atoms with E-state index in [-0.39, 0.29) is 25.7 Å². The molecule has 2 heteroatoms. The summed E-state index contributed by atoms with van der Waals surface area (Å²) in [5, 5.41) is 8.17. The predicted octanol–water partition coefficient (Wildman–Crippen LogP) is 9.69. The zero-order chi connectivity index (χ0) is 24.4. The van der Waals surface area contributed by atoms with E-state index in [9.17, 15) is 0 Å². The molecule has 184 valence electrons. The SMILES string of the molecule is CC(C)(C)c1ccc2c(c1)[cH-]c1cc(C(C)(C)C)ccc12.Cc1cc2ccccc2[cH-]1.[CH3-].[CH3-].[Si]=[Zr]. The van der Waals surface area contributed by atoms with Gasteiger partial charge in [-0.1, -0.05) is 89.9 Å². The molecule has 5 aromatic carbocycles. The maximum absolute atomic E-state index is 3.06. The Morgan fingerprint density at radius 3 is 1.49 bits per heavy atom. The van der Waals surface area contributed by atoms with Crippen LogP contribution < -0.4 is 0 Å². The topological polar surface area (TPSA) is 0 Å². The van der Waals surface area contributed by atoms with Crippen molar-refractivity contribution in [1.29, 1.82) is 0 Å². The fraction of sp³-hybridized carbons (Fsp3) is 0.273. The Kier molecular flexibility index (Phi) is 11.1. The van der Waals surface area contributed by atoms with Crippen molar-refractivity contribution in [1.82, 2.24) is 0 Å². The van der Waals surface area contributed by atoms with E-state index >= 15 is 0 Å². The molecule has 0 amide bonds. The second-order valence-electron chi connectivity index (χ2n) is 10.9. The van der Waals surface area contributed by atoms with Crippen LogP contribution in [0.25, 0.3) is 32.3 Å². The van der Waals surface area contributed by atoms with E-state index in [4.69, 9.17) is 0 Å². The van der Waals surface area contributed by atoms with Gasteiger partial charge in [-0.2, -0.15) is 6.07 Å². The van der Waals surface area contributed by atoms with Crippen molar-refractivity contribution in [3.63, 3.8) is 0 Å². The first-order chi connectivity index (χ1) is 15.5. The second-order valence-corrected chi connectivity index (χ2v) is 10.9. The summed E-state index contributed by atoms with van der Waals surface area (Å²) in [6, 6.07) is 29.0. The molecule has 5 rings (SSSR count). The van der Waals surface area contributed by atoms with Crippen LogP contribution in [0.1, 0.15) is 58.2 Å². The Labute approximate surface area is 231 Å². The van der Waals surface area contributed by atoms with Crippen LogP contribution in [-0.2, 0) is 34.2 Å². The van der Waals surface area contributed by atoms with Gasteiger partial charge in [0.1, 0.15) is 0 Å². The van der Waals surface area contributed by atoms with Crippen molar-refractivity contribution in [3.8, 4) is 0 Å². The van der Waals surface area contributed by atoms with Gasteiger partial charge in [0.25, 0.3) is 0 Å². The number of fused-ring (bicyclic) bond motifs is 4. The summed E-state index contributed by atoms with van der Waals surface area (Å²) in [6.07, 6.45) is 0. The molecule has 0 saturated heterocycles. The van der Waals surface area contributed by atoms with Crippen molar-refractivity contribution in [2.24, 2.45) is 0 Å². The van der Waals surface area contributed by atoms with E-state index in [1.54, 1.807) is 0 Å². The van der Waals surface area contributed by atoms with Crippen LogP contribution in [0.5, 0.6) is 0 Å². The quantitative estimate of drug-likeness (QED) is 0.132. The Morgan fingerprint density at radius 2 is 1.06 bits per heavy atom. The van der Waals surface area contributed by atoms with Gasteiger partial charge in [0.2, 0.25) is 0 Å². The Balaban J connectivity index is 0.000000370. The van der Waals surface area contributed by atoms with E-state index in [1.807, 2.05) is 0 Å². The van der Waals surface area contributed by atoms with Crippen LogP contribution in [0.4, 0.5) is 0 Å². The monoisotopic (exact) mass is 554 g/mol. The number of hydrogen-bond acceptors (Lipinski definition) is 0. The molecule has 0 aliphatic carbocycles. The number of rotatable bonds is 0. The van der Waals surface area contributed by atoms with E-state index < -0.39 is 0 Å². The molecule has 0 atom stereocenters. The first-order valence-corrected chi connectivity index (χ1v) is 15.7. The molecule has 0 aliphatic heterocycles. The van der Waals surface area contributed by atoms with Crippen molar-refractivity contribution in [2.75, 3.05) is 0 Å². The van der Waals surface area contributed by atoms with E-state index in [0.29, 0.717) is 0 Å². The van der Waals surface area contributed by atoms with Gasteiger partial charge in [0.15, 0.2) is 0 Å². The normalized spacial score (nSPS) is 11.0. The Hall–Kier alpha value is -1.76. The molecule has 0 heterocycles. The average Bonchev–Trinajstić information content (AvgIpc) is 3.32. The molecular formula is C33H40SiZr-4. The minimum atomic E-state index is 0. The summed E-state index contributed by atoms with van der Waals surface area (Å²) >= 11 is 1.36. The maximum atomic E-state index is 3.06. The molecule has 0 aromatic heterocycles. The molecule has 0 unspecified atom stereocenters. The van der Waals surface area contributed by atoms with Gasteiger partial charge in [-0.3, -0.25) is 0 Å². The molecule has 0 aliphatic rings. The summed E-state index contributed by atoms with van der Waals surface area (Å²) in [4.78, 5) is 0. The van der Waals surface area contributed by atoms with Crippen molar-refractivity contribution < 1.29 is 23.3 Å². The van der Waals surface area contributed by atoms with Gasteiger partial charge in [-0.25, -0.2) is 0 Å². The summed E-state index contributed by atoms with van der Waals surface area (Å²) in [5.41, 5.74) is 4.56. The van der Waals surface area contributed by atoms with Gasteiger partial charge in [-0.05, 0) is 10.8 Å².